The third kappa shape index (κ3) is 3.52. The van der Waals surface area contributed by atoms with Gasteiger partial charge in [0.2, 0.25) is 0 Å². The van der Waals surface area contributed by atoms with Crippen molar-refractivity contribution < 1.29 is 0 Å². The molecule has 0 unspecified atom stereocenters. The van der Waals surface area contributed by atoms with E-state index in [-0.39, 0.29) is 0 Å². The third-order valence-electron chi connectivity index (χ3n) is 5.92. The summed E-state index contributed by atoms with van der Waals surface area (Å²) in [6.45, 7) is 0.837. The van der Waals surface area contributed by atoms with E-state index in [1.54, 1.807) is 0 Å². The fourth-order valence-corrected chi connectivity index (χ4v) is 4.43. The molecule has 5 aromatic rings. The topological polar surface area (TPSA) is 86.4 Å². The fraction of sp³-hybridized carbons (Fsp3) is 0.154. The van der Waals surface area contributed by atoms with E-state index in [0.717, 1.165) is 57.5 Å². The lowest BCUT2D eigenvalue weighted by Crippen LogP contribution is -2.10. The van der Waals surface area contributed by atoms with E-state index in [4.69, 9.17) is 0 Å². The van der Waals surface area contributed by atoms with Crippen LogP contribution < -0.4 is 0 Å². The van der Waals surface area contributed by atoms with Crippen LogP contribution in [-0.4, -0.2) is 49.1 Å². The molecule has 5 heterocycles. The van der Waals surface area contributed by atoms with Crippen molar-refractivity contribution in [2.75, 3.05) is 14.1 Å². The first-order valence-electron chi connectivity index (χ1n) is 10.9. The normalized spacial score (nSPS) is 13.5. The monoisotopic (exact) mass is 433 g/mol. The Morgan fingerprint density at radius 1 is 1.00 bits per heavy atom. The van der Waals surface area contributed by atoms with Crippen LogP contribution in [0.1, 0.15) is 17.5 Å². The third-order valence-corrected chi connectivity index (χ3v) is 5.92. The predicted octanol–water partition coefficient (Wildman–Crippen LogP) is 4.97. The van der Waals surface area contributed by atoms with Crippen LogP contribution in [0.3, 0.4) is 0 Å². The van der Waals surface area contributed by atoms with E-state index in [2.05, 4.69) is 91.6 Å². The molecule has 0 atom stereocenters. The minimum Gasteiger partial charge on any atom is -0.338 e. The van der Waals surface area contributed by atoms with Gasteiger partial charge in [0.1, 0.15) is 5.65 Å². The number of aromatic amines is 2. The Morgan fingerprint density at radius 3 is 2.76 bits per heavy atom. The van der Waals surface area contributed by atoms with Gasteiger partial charge in [-0.25, -0.2) is 9.97 Å². The lowest BCUT2D eigenvalue weighted by atomic mass is 10.0. The molecule has 33 heavy (non-hydrogen) atoms. The molecule has 2 N–H and O–H groups in total. The van der Waals surface area contributed by atoms with Crippen molar-refractivity contribution in [2.24, 2.45) is 0 Å². The summed E-state index contributed by atoms with van der Waals surface area (Å²) < 4.78 is 0. The average molecular weight is 434 g/mol. The largest absolute Gasteiger partial charge is 0.338 e. The molecule has 0 bridgehead atoms. The first-order chi connectivity index (χ1) is 16.2. The Morgan fingerprint density at radius 2 is 1.91 bits per heavy atom. The van der Waals surface area contributed by atoms with Crippen molar-refractivity contribution in [3.8, 4) is 22.5 Å². The van der Waals surface area contributed by atoms with Gasteiger partial charge in [-0.15, -0.1) is 0 Å². The standard InChI is InChI=1S/C26H23N7/c1-33(2)15-16-9-18(13-27-12-16)19-10-22-24(31-32-26(22)29-14-19)23-11-21-20(17-5-3-4-6-17)7-8-28-25(21)30-23/h3,5-14H,4,15H2,1-2H3,(H,28,30)(H,29,31,32). The van der Waals surface area contributed by atoms with Gasteiger partial charge < -0.3 is 9.88 Å². The molecular formula is C26H23N7. The van der Waals surface area contributed by atoms with E-state index >= 15 is 0 Å². The van der Waals surface area contributed by atoms with Crippen molar-refractivity contribution >= 4 is 27.6 Å². The van der Waals surface area contributed by atoms with E-state index in [0.29, 0.717) is 5.65 Å². The van der Waals surface area contributed by atoms with Crippen LogP contribution in [0.5, 0.6) is 0 Å². The van der Waals surface area contributed by atoms with E-state index in [1.807, 2.05) is 24.8 Å². The van der Waals surface area contributed by atoms with Crippen LogP contribution in [0.15, 0.2) is 67.3 Å². The van der Waals surface area contributed by atoms with Gasteiger partial charge in [-0.1, -0.05) is 18.2 Å². The first-order valence-corrected chi connectivity index (χ1v) is 10.9. The molecule has 0 saturated heterocycles. The van der Waals surface area contributed by atoms with Crippen molar-refractivity contribution in [3.63, 3.8) is 0 Å². The summed E-state index contributed by atoms with van der Waals surface area (Å²) in [4.78, 5) is 19.2. The van der Waals surface area contributed by atoms with E-state index in [1.165, 1.54) is 11.1 Å². The van der Waals surface area contributed by atoms with Crippen molar-refractivity contribution in [2.45, 2.75) is 13.0 Å². The number of aromatic nitrogens is 6. The summed E-state index contributed by atoms with van der Waals surface area (Å²) in [7, 11) is 4.11. The number of allylic oxidation sites excluding steroid dienone is 4. The van der Waals surface area contributed by atoms with Gasteiger partial charge in [0.25, 0.3) is 0 Å². The number of H-pyrrole nitrogens is 2. The number of hydrogen-bond acceptors (Lipinski definition) is 5. The van der Waals surface area contributed by atoms with Crippen molar-refractivity contribution in [1.29, 1.82) is 0 Å². The fourth-order valence-electron chi connectivity index (χ4n) is 4.43. The smallest absolute Gasteiger partial charge is 0.181 e. The van der Waals surface area contributed by atoms with E-state index < -0.39 is 0 Å². The van der Waals surface area contributed by atoms with Crippen LogP contribution in [-0.2, 0) is 6.54 Å². The second-order valence-corrected chi connectivity index (χ2v) is 8.61. The number of nitrogens with zero attached hydrogens (tertiary/aromatic N) is 5. The molecule has 1 aliphatic carbocycles. The molecule has 0 amide bonds. The maximum Gasteiger partial charge on any atom is 0.181 e. The van der Waals surface area contributed by atoms with Crippen molar-refractivity contribution in [3.05, 3.63) is 78.4 Å². The van der Waals surface area contributed by atoms with Crippen LogP contribution in [0.4, 0.5) is 0 Å². The Balaban J connectivity index is 1.45. The number of nitrogens with one attached hydrogen (secondary N) is 2. The zero-order chi connectivity index (χ0) is 22.4. The van der Waals surface area contributed by atoms with Gasteiger partial charge in [0.05, 0.1) is 11.4 Å². The summed E-state index contributed by atoms with van der Waals surface area (Å²) in [6, 6.07) is 8.50. The molecule has 0 radical (unpaired) electrons. The summed E-state index contributed by atoms with van der Waals surface area (Å²) in [5.41, 5.74) is 9.00. The predicted molar refractivity (Wildman–Crippen MR) is 131 cm³/mol. The molecule has 7 heteroatoms. The number of pyridine rings is 3. The summed E-state index contributed by atoms with van der Waals surface area (Å²) in [5, 5.41) is 9.66. The van der Waals surface area contributed by atoms with Gasteiger partial charge >= 0.3 is 0 Å². The van der Waals surface area contributed by atoms with Crippen molar-refractivity contribution in [1.82, 2.24) is 35.0 Å². The van der Waals surface area contributed by atoms with Gasteiger partial charge in [0, 0.05) is 53.2 Å². The number of fused-ring (bicyclic) bond motifs is 2. The molecule has 5 aromatic heterocycles. The molecule has 1 aliphatic rings. The maximum atomic E-state index is 4.60. The number of hydrogen-bond donors (Lipinski definition) is 2. The van der Waals surface area contributed by atoms with Crippen LogP contribution in [0.25, 0.3) is 50.2 Å². The second kappa shape index (κ2) is 7.79. The lowest BCUT2D eigenvalue weighted by molar-refractivity contribution is 0.402. The second-order valence-electron chi connectivity index (χ2n) is 8.61. The Labute approximate surface area is 190 Å². The maximum absolute atomic E-state index is 4.60. The van der Waals surface area contributed by atoms with Gasteiger partial charge in [-0.2, -0.15) is 5.10 Å². The molecule has 0 fully saturated rings. The minimum atomic E-state index is 0.680. The molecule has 0 aromatic carbocycles. The molecule has 162 valence electrons. The van der Waals surface area contributed by atoms with Gasteiger partial charge in [-0.3, -0.25) is 10.1 Å². The zero-order valence-electron chi connectivity index (χ0n) is 18.5. The van der Waals surface area contributed by atoms with E-state index in [9.17, 15) is 0 Å². The average Bonchev–Trinajstić information content (AvgIpc) is 3.57. The van der Waals surface area contributed by atoms with Crippen LogP contribution in [0, 0.1) is 0 Å². The first kappa shape index (κ1) is 19.6. The molecular weight excluding hydrogens is 410 g/mol. The highest BCUT2D eigenvalue weighted by molar-refractivity contribution is 5.99. The SMILES string of the molecule is CN(C)Cc1cncc(-c2cnc3n[nH]c(-c4cc5c(C6=CCC=C6)ccnc5[nH]4)c3c2)c1. The molecule has 0 spiro atoms. The minimum absolute atomic E-state index is 0.680. The summed E-state index contributed by atoms with van der Waals surface area (Å²) in [6.07, 6.45) is 15.0. The Kier molecular flexibility index (Phi) is 4.62. The zero-order valence-corrected chi connectivity index (χ0v) is 18.5. The molecule has 6 rings (SSSR count). The molecule has 0 aliphatic heterocycles. The van der Waals surface area contributed by atoms with Gasteiger partial charge in [0.15, 0.2) is 5.65 Å². The quantitative estimate of drug-likeness (QED) is 0.409. The van der Waals surface area contributed by atoms with Gasteiger partial charge in [-0.05, 0) is 61.5 Å². The summed E-state index contributed by atoms with van der Waals surface area (Å²) in [5.74, 6) is 0. The Bertz CT molecular complexity index is 1550. The highest BCUT2D eigenvalue weighted by Crippen LogP contribution is 2.34. The number of rotatable bonds is 5. The van der Waals surface area contributed by atoms with Crippen LogP contribution >= 0.6 is 0 Å². The lowest BCUT2D eigenvalue weighted by Gasteiger charge is -2.10. The van der Waals surface area contributed by atoms with Crippen LogP contribution in [0.2, 0.25) is 0 Å². The summed E-state index contributed by atoms with van der Waals surface area (Å²) >= 11 is 0. The molecule has 0 saturated carbocycles. The highest BCUT2D eigenvalue weighted by Gasteiger charge is 2.16. The Hall–Kier alpha value is -4.10. The molecule has 7 nitrogen and oxygen atoms in total. The highest BCUT2D eigenvalue weighted by atomic mass is 15.2.